The van der Waals surface area contributed by atoms with Crippen molar-refractivity contribution in [2.45, 2.75) is 19.3 Å². The van der Waals surface area contributed by atoms with Crippen LogP contribution < -0.4 is 15.0 Å². The van der Waals surface area contributed by atoms with Crippen LogP contribution in [-0.4, -0.2) is 35.7 Å². The first-order valence-corrected chi connectivity index (χ1v) is 10.5. The number of rotatable bonds is 5. The van der Waals surface area contributed by atoms with E-state index in [4.69, 9.17) is 16.3 Å². The molecule has 0 spiro atoms. The molecule has 9 heteroatoms. The zero-order valence-electron chi connectivity index (χ0n) is 16.4. The number of hydrogen-bond donors (Lipinski definition) is 1. The van der Waals surface area contributed by atoms with Crippen molar-refractivity contribution >= 4 is 45.6 Å². The summed E-state index contributed by atoms with van der Waals surface area (Å²) in [4.78, 5) is 26.7. The van der Waals surface area contributed by atoms with E-state index in [0.29, 0.717) is 39.4 Å². The van der Waals surface area contributed by atoms with Crippen molar-refractivity contribution in [3.05, 3.63) is 63.6 Å². The lowest BCUT2D eigenvalue weighted by molar-refractivity contribution is -0.117. The number of nitrogens with one attached hydrogen (secondary N) is 1. The minimum atomic E-state index is -0.296. The Hall–Kier alpha value is -2.97. The Morgan fingerprint density at radius 2 is 2.10 bits per heavy atom. The number of halogens is 1. The van der Waals surface area contributed by atoms with Crippen LogP contribution >= 0.6 is 22.9 Å². The van der Waals surface area contributed by atoms with Crippen molar-refractivity contribution in [3.8, 4) is 5.75 Å². The smallest absolute Gasteiger partial charge is 0.257 e. The number of aryl methyl sites for hydroxylation is 1. The molecule has 1 saturated heterocycles. The van der Waals surface area contributed by atoms with E-state index in [9.17, 15) is 9.59 Å². The molecule has 0 aliphatic carbocycles. The number of benzene rings is 2. The zero-order chi connectivity index (χ0) is 21.3. The van der Waals surface area contributed by atoms with E-state index in [0.717, 1.165) is 11.3 Å². The molecule has 7 nitrogen and oxygen atoms in total. The van der Waals surface area contributed by atoms with Gasteiger partial charge < -0.3 is 9.64 Å². The zero-order valence-corrected chi connectivity index (χ0v) is 18.0. The monoisotopic (exact) mass is 442 g/mol. The molecule has 0 radical (unpaired) electrons. The molecule has 154 valence electrons. The third kappa shape index (κ3) is 4.15. The Kier molecular flexibility index (Phi) is 5.69. The van der Waals surface area contributed by atoms with E-state index < -0.39 is 0 Å². The van der Waals surface area contributed by atoms with Gasteiger partial charge >= 0.3 is 0 Å². The fourth-order valence-corrected chi connectivity index (χ4v) is 4.26. The van der Waals surface area contributed by atoms with Gasteiger partial charge in [-0.05, 0) is 42.8 Å². The lowest BCUT2D eigenvalue weighted by Gasteiger charge is -2.17. The number of ether oxygens (including phenoxy) is 1. The predicted octanol–water partition coefficient (Wildman–Crippen LogP) is 4.28. The molecule has 1 aliphatic rings. The number of carbonyl (C=O) groups excluding carboxylic acids is 2. The molecule has 1 fully saturated rings. The van der Waals surface area contributed by atoms with Gasteiger partial charge in [0.2, 0.25) is 11.0 Å². The van der Waals surface area contributed by atoms with Crippen LogP contribution in [0.3, 0.4) is 0 Å². The molecule has 30 heavy (non-hydrogen) atoms. The summed E-state index contributed by atoms with van der Waals surface area (Å²) in [5.74, 6) is 0.228. The number of aromatic nitrogens is 2. The van der Waals surface area contributed by atoms with Crippen molar-refractivity contribution in [2.24, 2.45) is 0 Å². The van der Waals surface area contributed by atoms with Crippen molar-refractivity contribution in [1.29, 1.82) is 0 Å². The van der Waals surface area contributed by atoms with Crippen LogP contribution in [0.5, 0.6) is 5.75 Å². The second-order valence-electron chi connectivity index (χ2n) is 6.97. The third-order valence-corrected chi connectivity index (χ3v) is 6.34. The van der Waals surface area contributed by atoms with E-state index >= 15 is 0 Å². The Bertz CT molecular complexity index is 1120. The number of anilines is 2. The van der Waals surface area contributed by atoms with Gasteiger partial charge in [0, 0.05) is 35.2 Å². The first-order valence-electron chi connectivity index (χ1n) is 9.30. The highest BCUT2D eigenvalue weighted by Crippen LogP contribution is 2.35. The highest BCUT2D eigenvalue weighted by Gasteiger charge is 2.34. The summed E-state index contributed by atoms with van der Waals surface area (Å²) in [6.45, 7) is 2.42. The van der Waals surface area contributed by atoms with Gasteiger partial charge in [-0.3, -0.25) is 14.9 Å². The van der Waals surface area contributed by atoms with Gasteiger partial charge in [-0.1, -0.05) is 35.1 Å². The van der Waals surface area contributed by atoms with Crippen molar-refractivity contribution in [3.63, 3.8) is 0 Å². The number of methoxy groups -OCH3 is 1. The highest BCUT2D eigenvalue weighted by atomic mass is 35.5. The maximum atomic E-state index is 12.5. The predicted molar refractivity (Wildman–Crippen MR) is 117 cm³/mol. The van der Waals surface area contributed by atoms with E-state index in [2.05, 4.69) is 15.5 Å². The molecule has 0 bridgehead atoms. The van der Waals surface area contributed by atoms with E-state index in [1.807, 2.05) is 19.1 Å². The molecule has 1 atom stereocenters. The van der Waals surface area contributed by atoms with Crippen molar-refractivity contribution in [2.75, 3.05) is 23.9 Å². The fraction of sp³-hybridized carbons (Fsp3) is 0.238. The Morgan fingerprint density at radius 1 is 1.27 bits per heavy atom. The van der Waals surface area contributed by atoms with Gasteiger partial charge in [0.1, 0.15) is 10.8 Å². The average Bonchev–Trinajstić information content (AvgIpc) is 3.36. The number of nitrogens with zero attached hydrogens (tertiary/aromatic N) is 3. The summed E-state index contributed by atoms with van der Waals surface area (Å²) < 4.78 is 5.15. The molecular weight excluding hydrogens is 424 g/mol. The maximum absolute atomic E-state index is 12.5. The second kappa shape index (κ2) is 8.41. The van der Waals surface area contributed by atoms with Crippen LogP contribution in [0.4, 0.5) is 10.8 Å². The SMILES string of the molecule is COc1cccc(C(=O)Nc2nnc(C3CC(=O)N(c4ccc(C)c(Cl)c4)C3)s2)c1. The molecule has 4 rings (SSSR count). The largest absolute Gasteiger partial charge is 0.497 e. The molecule has 3 aromatic rings. The number of carbonyl (C=O) groups is 2. The lowest BCUT2D eigenvalue weighted by Crippen LogP contribution is -2.24. The van der Waals surface area contributed by atoms with Crippen LogP contribution in [0.15, 0.2) is 42.5 Å². The molecule has 2 heterocycles. The van der Waals surface area contributed by atoms with Crippen molar-refractivity contribution < 1.29 is 14.3 Å². The Labute approximate surface area is 182 Å². The first-order chi connectivity index (χ1) is 14.4. The van der Waals surface area contributed by atoms with Gasteiger partial charge in [-0.25, -0.2) is 0 Å². The van der Waals surface area contributed by atoms with Gasteiger partial charge in [0.25, 0.3) is 5.91 Å². The van der Waals surface area contributed by atoms with E-state index in [1.54, 1.807) is 42.3 Å². The summed E-state index contributed by atoms with van der Waals surface area (Å²) in [6.07, 6.45) is 0.337. The van der Waals surface area contributed by atoms with Crippen LogP contribution in [-0.2, 0) is 4.79 Å². The van der Waals surface area contributed by atoms with Gasteiger partial charge in [0.15, 0.2) is 0 Å². The topological polar surface area (TPSA) is 84.4 Å². The Balaban J connectivity index is 1.45. The third-order valence-electron chi connectivity index (χ3n) is 4.93. The molecule has 1 N–H and O–H groups in total. The van der Waals surface area contributed by atoms with Gasteiger partial charge in [-0.15, -0.1) is 10.2 Å². The molecule has 2 aromatic carbocycles. The fourth-order valence-electron chi connectivity index (χ4n) is 3.26. The first kappa shape index (κ1) is 20.3. The van der Waals surface area contributed by atoms with Crippen LogP contribution in [0, 0.1) is 6.92 Å². The summed E-state index contributed by atoms with van der Waals surface area (Å²) in [5, 5.41) is 12.8. The van der Waals surface area contributed by atoms with E-state index in [1.165, 1.54) is 11.3 Å². The summed E-state index contributed by atoms with van der Waals surface area (Å²) in [6, 6.07) is 12.4. The standard InChI is InChI=1S/C21H19ClN4O3S/c1-12-6-7-15(10-17(12)22)26-11-14(9-18(26)27)20-24-25-21(30-20)23-19(28)13-4-3-5-16(8-13)29-2/h3-8,10,14H,9,11H2,1-2H3,(H,23,25,28). The second-order valence-corrected chi connectivity index (χ2v) is 8.39. The summed E-state index contributed by atoms with van der Waals surface area (Å²) in [7, 11) is 1.55. The summed E-state index contributed by atoms with van der Waals surface area (Å²) in [5.41, 5.74) is 2.20. The quantitative estimate of drug-likeness (QED) is 0.637. The number of amides is 2. The van der Waals surface area contributed by atoms with Crippen molar-refractivity contribution in [1.82, 2.24) is 10.2 Å². The summed E-state index contributed by atoms with van der Waals surface area (Å²) >= 11 is 7.49. The maximum Gasteiger partial charge on any atom is 0.257 e. The van der Waals surface area contributed by atoms with Crippen LogP contribution in [0.2, 0.25) is 5.02 Å². The molecular formula is C21H19ClN4O3S. The van der Waals surface area contributed by atoms with Crippen LogP contribution in [0.1, 0.15) is 33.3 Å². The number of hydrogen-bond acceptors (Lipinski definition) is 6. The minimum Gasteiger partial charge on any atom is -0.497 e. The van der Waals surface area contributed by atoms with Crippen LogP contribution in [0.25, 0.3) is 0 Å². The Morgan fingerprint density at radius 3 is 2.87 bits per heavy atom. The molecule has 1 aliphatic heterocycles. The minimum absolute atomic E-state index is 0.0112. The molecule has 2 amide bonds. The molecule has 0 saturated carbocycles. The molecule has 1 aromatic heterocycles. The average molecular weight is 443 g/mol. The van der Waals surface area contributed by atoms with Gasteiger partial charge in [-0.2, -0.15) is 0 Å². The van der Waals surface area contributed by atoms with Gasteiger partial charge in [0.05, 0.1) is 7.11 Å². The van der Waals surface area contributed by atoms with E-state index in [-0.39, 0.29) is 17.7 Å². The highest BCUT2D eigenvalue weighted by molar-refractivity contribution is 7.15. The lowest BCUT2D eigenvalue weighted by atomic mass is 10.1. The molecule has 1 unspecified atom stereocenters. The normalized spacial score (nSPS) is 16.0.